The van der Waals surface area contributed by atoms with Crippen LogP contribution >= 0.6 is 11.6 Å². The van der Waals surface area contributed by atoms with E-state index in [1.807, 2.05) is 0 Å². The van der Waals surface area contributed by atoms with Crippen LogP contribution in [-0.2, 0) is 35.0 Å². The van der Waals surface area contributed by atoms with E-state index < -0.39 is 53.8 Å². The maximum absolute atomic E-state index is 13.5. The molecule has 15 heteroatoms. The molecule has 4 amide bonds. The third-order valence-corrected chi connectivity index (χ3v) is 7.43. The number of amides is 4. The lowest BCUT2D eigenvalue weighted by Crippen LogP contribution is -2.73. The van der Waals surface area contributed by atoms with Crippen LogP contribution in [0.3, 0.4) is 0 Å². The van der Waals surface area contributed by atoms with Crippen molar-refractivity contribution in [3.63, 3.8) is 0 Å². The van der Waals surface area contributed by atoms with E-state index in [0.29, 0.717) is 22.7 Å². The number of halogens is 7. The number of benzene rings is 2. The van der Waals surface area contributed by atoms with Gasteiger partial charge in [-0.25, -0.2) is 4.79 Å². The van der Waals surface area contributed by atoms with Crippen molar-refractivity contribution in [3.05, 3.63) is 69.7 Å². The van der Waals surface area contributed by atoms with Crippen LogP contribution in [0.2, 0.25) is 5.02 Å². The highest BCUT2D eigenvalue weighted by Gasteiger charge is 2.49. The van der Waals surface area contributed by atoms with Crippen LogP contribution < -0.4 is 5.32 Å². The zero-order chi connectivity index (χ0) is 31.0. The number of urea groups is 1. The van der Waals surface area contributed by atoms with Gasteiger partial charge in [0, 0.05) is 37.6 Å². The maximum Gasteiger partial charge on any atom is 0.416 e. The SMILES string of the molecule is CN(C)C[C@H]1C(=O)N(Cc2ccccc2Cl)C[C@@H]2N(C(=O)NCc3cc(C(F)(F)F)cc(C(F)(F)F)c3)CCC(=O)N21. The minimum absolute atomic E-state index is 0.0109. The summed E-state index contributed by atoms with van der Waals surface area (Å²) >= 11 is 6.30. The maximum atomic E-state index is 13.5. The number of nitrogens with zero attached hydrogens (tertiary/aromatic N) is 4. The molecule has 2 aliphatic rings. The average molecular weight is 620 g/mol. The molecule has 0 aromatic heterocycles. The Kier molecular flexibility index (Phi) is 8.97. The number of alkyl halides is 6. The van der Waals surface area contributed by atoms with Crippen LogP contribution in [-0.4, -0.2) is 83.4 Å². The smallest absolute Gasteiger partial charge is 0.334 e. The number of nitrogens with one attached hydrogen (secondary N) is 1. The second-order valence-electron chi connectivity index (χ2n) is 10.4. The monoisotopic (exact) mass is 619 g/mol. The van der Waals surface area contributed by atoms with E-state index in [9.17, 15) is 40.7 Å². The zero-order valence-corrected chi connectivity index (χ0v) is 23.4. The quantitative estimate of drug-likeness (QED) is 0.486. The molecule has 2 saturated heterocycles. The number of likely N-dealkylation sites (N-methyl/N-ethyl adjacent to an activating group) is 1. The summed E-state index contributed by atoms with van der Waals surface area (Å²) in [7, 11) is 3.44. The van der Waals surface area contributed by atoms with Crippen molar-refractivity contribution in [2.24, 2.45) is 0 Å². The fraction of sp³-hybridized carbons (Fsp3) is 0.444. The molecule has 2 aromatic carbocycles. The number of carbonyl (C=O) groups is 3. The summed E-state index contributed by atoms with van der Waals surface area (Å²) in [5.74, 6) is -0.700. The first-order chi connectivity index (χ1) is 19.6. The van der Waals surface area contributed by atoms with Crippen LogP contribution in [0.15, 0.2) is 42.5 Å². The Morgan fingerprint density at radius 2 is 1.64 bits per heavy atom. The minimum atomic E-state index is -5.03. The third-order valence-electron chi connectivity index (χ3n) is 7.06. The Labute approximate surface area is 242 Å². The third kappa shape index (κ3) is 6.92. The highest BCUT2D eigenvalue weighted by molar-refractivity contribution is 6.31. The lowest BCUT2D eigenvalue weighted by atomic mass is 10.0. The molecule has 0 bridgehead atoms. The second-order valence-corrected chi connectivity index (χ2v) is 10.8. The summed E-state index contributed by atoms with van der Waals surface area (Å²) in [5, 5.41) is 2.82. The van der Waals surface area contributed by atoms with Gasteiger partial charge in [-0.3, -0.25) is 9.59 Å². The summed E-state index contributed by atoms with van der Waals surface area (Å²) < 4.78 is 79.7. The predicted molar refractivity (Wildman–Crippen MR) is 140 cm³/mol. The van der Waals surface area contributed by atoms with E-state index in [0.717, 1.165) is 0 Å². The minimum Gasteiger partial charge on any atom is -0.334 e. The summed E-state index contributed by atoms with van der Waals surface area (Å²) in [6.07, 6.45) is -11.1. The second kappa shape index (κ2) is 12.0. The normalized spacial score (nSPS) is 19.8. The van der Waals surface area contributed by atoms with Crippen LogP contribution in [0, 0.1) is 0 Å². The van der Waals surface area contributed by atoms with Gasteiger partial charge in [0.25, 0.3) is 0 Å². The van der Waals surface area contributed by atoms with E-state index in [4.69, 9.17) is 11.6 Å². The van der Waals surface area contributed by atoms with Crippen molar-refractivity contribution in [1.82, 2.24) is 24.9 Å². The first kappa shape index (κ1) is 31.4. The van der Waals surface area contributed by atoms with Crippen molar-refractivity contribution in [3.8, 4) is 0 Å². The van der Waals surface area contributed by atoms with Gasteiger partial charge in [0.1, 0.15) is 12.2 Å². The molecule has 0 saturated carbocycles. The van der Waals surface area contributed by atoms with Gasteiger partial charge in [-0.15, -0.1) is 0 Å². The van der Waals surface area contributed by atoms with Gasteiger partial charge in [0.15, 0.2) is 0 Å². The van der Waals surface area contributed by atoms with Gasteiger partial charge in [0.05, 0.1) is 17.7 Å². The molecule has 2 atom stereocenters. The summed E-state index contributed by atoms with van der Waals surface area (Å²) in [6, 6.07) is 6.23. The molecular formula is C27H28ClF6N5O3. The van der Waals surface area contributed by atoms with Gasteiger partial charge in [-0.1, -0.05) is 29.8 Å². The molecule has 0 spiro atoms. The molecule has 2 fully saturated rings. The first-order valence-electron chi connectivity index (χ1n) is 12.9. The number of hydrogen-bond donors (Lipinski definition) is 1. The number of rotatable bonds is 6. The number of carbonyl (C=O) groups excluding carboxylic acids is 3. The van der Waals surface area contributed by atoms with Crippen molar-refractivity contribution in [2.45, 2.75) is 44.1 Å². The molecule has 228 valence electrons. The Morgan fingerprint density at radius 1 is 1.02 bits per heavy atom. The molecule has 8 nitrogen and oxygen atoms in total. The number of hydrogen-bond acceptors (Lipinski definition) is 4. The topological polar surface area (TPSA) is 76.2 Å². The van der Waals surface area contributed by atoms with Gasteiger partial charge in [-0.05, 0) is 49.5 Å². The highest BCUT2D eigenvalue weighted by Crippen LogP contribution is 2.36. The van der Waals surface area contributed by atoms with Crippen LogP contribution in [0.4, 0.5) is 31.1 Å². The summed E-state index contributed by atoms with van der Waals surface area (Å²) in [6.45, 7) is -0.521. The van der Waals surface area contributed by atoms with Crippen molar-refractivity contribution in [2.75, 3.05) is 33.7 Å². The van der Waals surface area contributed by atoms with Crippen LogP contribution in [0.1, 0.15) is 28.7 Å². The van der Waals surface area contributed by atoms with Gasteiger partial charge >= 0.3 is 18.4 Å². The van der Waals surface area contributed by atoms with Gasteiger partial charge in [0.2, 0.25) is 11.8 Å². The lowest BCUT2D eigenvalue weighted by molar-refractivity contribution is -0.168. The molecular weight excluding hydrogens is 592 g/mol. The molecule has 2 aliphatic heterocycles. The molecule has 42 heavy (non-hydrogen) atoms. The summed E-state index contributed by atoms with van der Waals surface area (Å²) in [5.41, 5.74) is -2.75. The predicted octanol–water partition coefficient (Wildman–Crippen LogP) is 4.42. The highest BCUT2D eigenvalue weighted by atomic mass is 35.5. The lowest BCUT2D eigenvalue weighted by Gasteiger charge is -2.52. The Balaban J connectivity index is 1.60. The molecule has 1 N–H and O–H groups in total. The Hall–Kier alpha value is -3.52. The fourth-order valence-corrected chi connectivity index (χ4v) is 5.32. The number of piperazine rings is 1. The average Bonchev–Trinajstić information content (AvgIpc) is 2.89. The number of fused-ring (bicyclic) bond motifs is 1. The molecule has 4 rings (SSSR count). The van der Waals surface area contributed by atoms with E-state index in [2.05, 4.69) is 5.32 Å². The van der Waals surface area contributed by atoms with Crippen molar-refractivity contribution in [1.29, 1.82) is 0 Å². The van der Waals surface area contributed by atoms with Crippen LogP contribution in [0.25, 0.3) is 0 Å². The van der Waals surface area contributed by atoms with Gasteiger partial charge < -0.3 is 24.9 Å². The van der Waals surface area contributed by atoms with E-state index in [1.54, 1.807) is 43.3 Å². The first-order valence-corrected chi connectivity index (χ1v) is 13.2. The molecule has 2 aromatic rings. The van der Waals surface area contributed by atoms with E-state index in [1.165, 1.54) is 14.7 Å². The molecule has 0 unspecified atom stereocenters. The van der Waals surface area contributed by atoms with Crippen molar-refractivity contribution < 1.29 is 40.7 Å². The molecule has 0 aliphatic carbocycles. The van der Waals surface area contributed by atoms with E-state index in [-0.39, 0.29) is 50.5 Å². The van der Waals surface area contributed by atoms with Gasteiger partial charge in [-0.2, -0.15) is 26.3 Å². The largest absolute Gasteiger partial charge is 0.416 e. The fourth-order valence-electron chi connectivity index (χ4n) is 5.12. The Morgan fingerprint density at radius 3 is 2.21 bits per heavy atom. The molecule has 2 heterocycles. The Bertz CT molecular complexity index is 1320. The van der Waals surface area contributed by atoms with Crippen molar-refractivity contribution >= 4 is 29.4 Å². The van der Waals surface area contributed by atoms with E-state index >= 15 is 0 Å². The molecule has 0 radical (unpaired) electrons. The summed E-state index contributed by atoms with van der Waals surface area (Å²) in [4.78, 5) is 45.7. The van der Waals surface area contributed by atoms with Crippen LogP contribution in [0.5, 0.6) is 0 Å². The zero-order valence-electron chi connectivity index (χ0n) is 22.6. The standard InChI is InChI=1S/C27H28ClF6N5O3/c1-36(2)14-21-24(41)37(13-17-5-3-4-6-20(17)28)15-22-38(8-7-23(40)39(21)22)25(42)35-12-16-9-18(26(29,30)31)11-19(10-16)27(32,33)34/h3-6,9-11,21-22H,7-8,12-15H2,1-2H3,(H,35,42)/t21-,22+/m0/s1.